The Labute approximate surface area is 70.5 Å². The topological polar surface area (TPSA) is 20.9 Å². The largest absolute Gasteiger partial charge is 0.293 e. The smallest absolute Gasteiger partial charge is 0.225 e. The minimum atomic E-state index is 0.205. The van der Waals surface area contributed by atoms with Crippen LogP contribution in [0.25, 0.3) is 0 Å². The molecule has 0 atom stereocenters. The zero-order valence-electron chi connectivity index (χ0n) is 7.05. The number of aromatic nitrogens is 1. The summed E-state index contributed by atoms with van der Waals surface area (Å²) < 4.78 is 1.99. The molecular weight excluding hydrogens is 158 g/mol. The normalized spacial score (nSPS) is 10.1. The molecule has 0 bridgehead atoms. The molecule has 0 aliphatic heterocycles. The first-order valence-electron chi connectivity index (χ1n) is 3.55. The van der Waals surface area contributed by atoms with Crippen molar-refractivity contribution < 1.29 is 9.36 Å². The van der Waals surface area contributed by atoms with Crippen molar-refractivity contribution in [2.24, 2.45) is 0 Å². The second kappa shape index (κ2) is 3.13. The Kier molecular flexibility index (Phi) is 2.39. The SMILES string of the molecule is CC(=O)C[n+]1csc(C)c1C. The number of rotatable bonds is 2. The van der Waals surface area contributed by atoms with Gasteiger partial charge in [-0.15, -0.1) is 0 Å². The molecule has 1 aromatic rings. The van der Waals surface area contributed by atoms with Crippen LogP contribution in [0.5, 0.6) is 0 Å². The predicted octanol–water partition coefficient (Wildman–Crippen LogP) is 1.24. The fourth-order valence-electron chi connectivity index (χ4n) is 0.905. The lowest BCUT2D eigenvalue weighted by molar-refractivity contribution is -0.685. The van der Waals surface area contributed by atoms with E-state index in [1.807, 2.05) is 17.0 Å². The van der Waals surface area contributed by atoms with Gasteiger partial charge >= 0.3 is 0 Å². The summed E-state index contributed by atoms with van der Waals surface area (Å²) in [5.41, 5.74) is 3.19. The predicted molar refractivity (Wildman–Crippen MR) is 44.7 cm³/mol. The van der Waals surface area contributed by atoms with Crippen LogP contribution in [0.2, 0.25) is 0 Å². The van der Waals surface area contributed by atoms with Crippen molar-refractivity contribution >= 4 is 17.1 Å². The molecule has 0 N–H and O–H groups in total. The Bertz CT molecular complexity index is 278. The molecule has 0 aliphatic carbocycles. The van der Waals surface area contributed by atoms with E-state index in [-0.39, 0.29) is 5.78 Å². The Morgan fingerprint density at radius 1 is 1.64 bits per heavy atom. The summed E-state index contributed by atoms with van der Waals surface area (Å²) in [6.07, 6.45) is 0. The van der Waals surface area contributed by atoms with Gasteiger partial charge in [0, 0.05) is 13.8 Å². The fraction of sp³-hybridized carbons (Fsp3) is 0.500. The van der Waals surface area contributed by atoms with Crippen LogP contribution in [0.1, 0.15) is 17.5 Å². The summed E-state index contributed by atoms with van der Waals surface area (Å²) in [6, 6.07) is 0. The molecule has 0 spiro atoms. The van der Waals surface area contributed by atoms with E-state index >= 15 is 0 Å². The summed E-state index contributed by atoms with van der Waals surface area (Å²) >= 11 is 1.68. The number of Topliss-reactive ketones (excluding diaryl/α,β-unsaturated/α-hetero) is 1. The van der Waals surface area contributed by atoms with Crippen molar-refractivity contribution in [1.29, 1.82) is 0 Å². The molecule has 0 unspecified atom stereocenters. The van der Waals surface area contributed by atoms with Gasteiger partial charge in [0.2, 0.25) is 12.1 Å². The Morgan fingerprint density at radius 2 is 2.27 bits per heavy atom. The van der Waals surface area contributed by atoms with Crippen LogP contribution in [0.3, 0.4) is 0 Å². The summed E-state index contributed by atoms with van der Waals surface area (Å²) in [7, 11) is 0. The van der Waals surface area contributed by atoms with Gasteiger partial charge in [0.05, 0.1) is 4.88 Å². The van der Waals surface area contributed by atoms with Gasteiger partial charge in [0.15, 0.2) is 11.5 Å². The van der Waals surface area contributed by atoms with Gasteiger partial charge in [-0.05, 0) is 6.92 Å². The van der Waals surface area contributed by atoms with Crippen LogP contribution < -0.4 is 4.57 Å². The number of carbonyl (C=O) groups is 1. The molecule has 0 saturated heterocycles. The summed E-state index contributed by atoms with van der Waals surface area (Å²) in [4.78, 5) is 12.0. The van der Waals surface area contributed by atoms with Crippen LogP contribution in [-0.2, 0) is 11.3 Å². The minimum Gasteiger partial charge on any atom is -0.293 e. The van der Waals surface area contributed by atoms with E-state index in [4.69, 9.17) is 0 Å². The number of nitrogens with zero attached hydrogens (tertiary/aromatic N) is 1. The number of ketones is 1. The highest BCUT2D eigenvalue weighted by molar-refractivity contribution is 7.09. The van der Waals surface area contributed by atoms with E-state index in [1.54, 1.807) is 18.3 Å². The molecule has 0 aromatic carbocycles. The zero-order chi connectivity index (χ0) is 8.43. The molecule has 0 fully saturated rings. The van der Waals surface area contributed by atoms with Gasteiger partial charge in [0.25, 0.3) is 0 Å². The third-order valence-electron chi connectivity index (χ3n) is 1.69. The van der Waals surface area contributed by atoms with E-state index in [9.17, 15) is 4.79 Å². The summed E-state index contributed by atoms with van der Waals surface area (Å²) in [5, 5.41) is 0. The average Bonchev–Trinajstić information content (AvgIpc) is 2.18. The highest BCUT2D eigenvalue weighted by Crippen LogP contribution is 2.07. The molecule has 0 radical (unpaired) electrons. The van der Waals surface area contributed by atoms with Crippen LogP contribution in [0.15, 0.2) is 5.51 Å². The lowest BCUT2D eigenvalue weighted by Gasteiger charge is -1.89. The van der Waals surface area contributed by atoms with E-state index in [2.05, 4.69) is 6.92 Å². The lowest BCUT2D eigenvalue weighted by atomic mass is 10.4. The highest BCUT2D eigenvalue weighted by Gasteiger charge is 2.12. The number of hydrogen-bond acceptors (Lipinski definition) is 2. The molecule has 1 aromatic heterocycles. The Morgan fingerprint density at radius 3 is 2.64 bits per heavy atom. The van der Waals surface area contributed by atoms with Crippen LogP contribution in [-0.4, -0.2) is 5.78 Å². The number of carbonyl (C=O) groups excluding carboxylic acids is 1. The van der Waals surface area contributed by atoms with Gasteiger partial charge < -0.3 is 0 Å². The number of hydrogen-bond donors (Lipinski definition) is 0. The molecule has 60 valence electrons. The molecular formula is C8H12NOS+. The quantitative estimate of drug-likeness (QED) is 0.612. The van der Waals surface area contributed by atoms with Crippen molar-refractivity contribution in [3.05, 3.63) is 16.1 Å². The molecule has 0 aliphatic rings. The van der Waals surface area contributed by atoms with Crippen molar-refractivity contribution in [2.45, 2.75) is 27.3 Å². The van der Waals surface area contributed by atoms with Crippen LogP contribution in [0, 0.1) is 13.8 Å². The molecule has 1 heterocycles. The van der Waals surface area contributed by atoms with Gasteiger partial charge in [-0.3, -0.25) is 4.79 Å². The maximum absolute atomic E-state index is 10.8. The molecule has 3 heteroatoms. The maximum atomic E-state index is 10.8. The average molecular weight is 170 g/mol. The lowest BCUT2D eigenvalue weighted by Crippen LogP contribution is -2.37. The third kappa shape index (κ3) is 1.87. The number of aryl methyl sites for hydroxylation is 1. The van der Waals surface area contributed by atoms with E-state index < -0.39 is 0 Å². The summed E-state index contributed by atoms with van der Waals surface area (Å²) in [5.74, 6) is 0.205. The van der Waals surface area contributed by atoms with E-state index in [0.29, 0.717) is 6.54 Å². The summed E-state index contributed by atoms with van der Waals surface area (Å²) in [6.45, 7) is 6.22. The Balaban J connectivity index is 2.87. The van der Waals surface area contributed by atoms with Gasteiger partial charge in [-0.25, -0.2) is 0 Å². The molecule has 0 amide bonds. The molecule has 0 saturated carbocycles. The first kappa shape index (κ1) is 8.40. The van der Waals surface area contributed by atoms with Gasteiger partial charge in [-0.1, -0.05) is 11.3 Å². The van der Waals surface area contributed by atoms with Gasteiger partial charge in [-0.2, -0.15) is 4.57 Å². The third-order valence-corrected chi connectivity index (χ3v) is 2.70. The van der Waals surface area contributed by atoms with Crippen molar-refractivity contribution in [1.82, 2.24) is 0 Å². The molecule has 11 heavy (non-hydrogen) atoms. The molecule has 2 nitrogen and oxygen atoms in total. The van der Waals surface area contributed by atoms with Crippen molar-refractivity contribution in [2.75, 3.05) is 0 Å². The van der Waals surface area contributed by atoms with Crippen LogP contribution in [0.4, 0.5) is 0 Å². The zero-order valence-corrected chi connectivity index (χ0v) is 7.86. The monoisotopic (exact) mass is 170 g/mol. The van der Waals surface area contributed by atoms with E-state index in [0.717, 1.165) is 0 Å². The highest BCUT2D eigenvalue weighted by atomic mass is 32.1. The van der Waals surface area contributed by atoms with Gasteiger partial charge in [0.1, 0.15) is 0 Å². The van der Waals surface area contributed by atoms with E-state index in [1.165, 1.54) is 10.6 Å². The number of thiazole rings is 1. The standard InChI is InChI=1S/C8H12NOS/c1-6(10)4-9-5-11-8(3)7(9)2/h5H,4H2,1-3H3/q+1. The second-order valence-corrected chi connectivity index (χ2v) is 3.75. The van der Waals surface area contributed by atoms with Crippen molar-refractivity contribution in [3.63, 3.8) is 0 Å². The van der Waals surface area contributed by atoms with Crippen molar-refractivity contribution in [3.8, 4) is 0 Å². The first-order valence-corrected chi connectivity index (χ1v) is 4.43. The fourth-order valence-corrected chi connectivity index (χ4v) is 1.71. The minimum absolute atomic E-state index is 0.205. The second-order valence-electron chi connectivity index (χ2n) is 2.69. The Hall–Kier alpha value is -0.700. The maximum Gasteiger partial charge on any atom is 0.225 e. The van der Waals surface area contributed by atoms with Crippen LogP contribution >= 0.6 is 11.3 Å². The first-order chi connectivity index (χ1) is 5.11. The molecule has 1 rings (SSSR count).